The molecule has 0 saturated carbocycles. The van der Waals surface area contributed by atoms with E-state index in [2.05, 4.69) is 21.2 Å². The largest absolute Gasteiger partial charge is 0.387 e. The number of rotatable bonds is 5. The van der Waals surface area contributed by atoms with Crippen molar-refractivity contribution in [2.24, 2.45) is 7.05 Å². The first kappa shape index (κ1) is 14.6. The van der Waals surface area contributed by atoms with Gasteiger partial charge in [-0.2, -0.15) is 11.8 Å². The Bertz CT molecular complexity index is 404. The van der Waals surface area contributed by atoms with E-state index in [0.717, 1.165) is 4.47 Å². The number of carbonyl (C=O) groups is 1. The van der Waals surface area contributed by atoms with E-state index in [4.69, 9.17) is 0 Å². The molecular weight excluding hydrogens is 304 g/mol. The molecule has 1 atom stereocenters. The molecule has 17 heavy (non-hydrogen) atoms. The van der Waals surface area contributed by atoms with Crippen LogP contribution in [0.3, 0.4) is 0 Å². The first-order valence-electron chi connectivity index (χ1n) is 5.17. The Hall–Kier alpha value is -0.460. The minimum absolute atomic E-state index is 0.181. The van der Waals surface area contributed by atoms with Gasteiger partial charge in [-0.1, -0.05) is 0 Å². The van der Waals surface area contributed by atoms with Crippen LogP contribution in [0, 0.1) is 0 Å². The fourth-order valence-electron chi connectivity index (χ4n) is 1.47. The Labute approximate surface area is 114 Å². The highest BCUT2D eigenvalue weighted by molar-refractivity contribution is 9.10. The summed E-state index contributed by atoms with van der Waals surface area (Å²) in [5.41, 5.74) is -0.311. The number of aliphatic hydroxyl groups is 1. The second-order valence-electron chi connectivity index (χ2n) is 4.27. The SMILES string of the molecule is CSCC(C)(O)CNC(=O)c1cc(Br)cn1C. The molecule has 1 amide bonds. The van der Waals surface area contributed by atoms with Gasteiger partial charge in [0.05, 0.1) is 5.60 Å². The highest BCUT2D eigenvalue weighted by atomic mass is 79.9. The topological polar surface area (TPSA) is 54.3 Å². The maximum atomic E-state index is 11.9. The predicted molar refractivity (Wildman–Crippen MR) is 74.5 cm³/mol. The lowest BCUT2D eigenvalue weighted by molar-refractivity contribution is 0.0720. The average molecular weight is 321 g/mol. The van der Waals surface area contributed by atoms with E-state index < -0.39 is 5.60 Å². The van der Waals surface area contributed by atoms with Gasteiger partial charge in [-0.25, -0.2) is 0 Å². The molecule has 0 aliphatic carbocycles. The molecule has 0 aliphatic heterocycles. The van der Waals surface area contributed by atoms with E-state index in [0.29, 0.717) is 11.4 Å². The Balaban J connectivity index is 2.59. The fourth-order valence-corrected chi connectivity index (χ4v) is 2.72. The normalized spacial score (nSPS) is 14.4. The van der Waals surface area contributed by atoms with Gasteiger partial charge in [0.25, 0.3) is 5.91 Å². The highest BCUT2D eigenvalue weighted by Gasteiger charge is 2.21. The van der Waals surface area contributed by atoms with Crippen molar-refractivity contribution in [3.63, 3.8) is 0 Å². The van der Waals surface area contributed by atoms with Crippen LogP contribution in [0.2, 0.25) is 0 Å². The number of hydrogen-bond donors (Lipinski definition) is 2. The molecular formula is C11H17BrN2O2S. The minimum atomic E-state index is -0.878. The Morgan fingerprint density at radius 3 is 2.82 bits per heavy atom. The van der Waals surface area contributed by atoms with Crippen LogP contribution < -0.4 is 5.32 Å². The van der Waals surface area contributed by atoms with Gasteiger partial charge >= 0.3 is 0 Å². The molecule has 1 heterocycles. The smallest absolute Gasteiger partial charge is 0.268 e. The van der Waals surface area contributed by atoms with Crippen molar-refractivity contribution >= 4 is 33.6 Å². The Morgan fingerprint density at radius 2 is 2.35 bits per heavy atom. The van der Waals surface area contributed by atoms with E-state index in [9.17, 15) is 9.90 Å². The molecule has 0 bridgehead atoms. The third-order valence-corrected chi connectivity index (χ3v) is 3.63. The molecule has 0 aromatic carbocycles. The van der Waals surface area contributed by atoms with Crippen molar-refractivity contribution < 1.29 is 9.90 Å². The van der Waals surface area contributed by atoms with E-state index in [1.807, 2.05) is 12.5 Å². The Morgan fingerprint density at radius 1 is 1.71 bits per heavy atom. The van der Waals surface area contributed by atoms with Crippen molar-refractivity contribution in [1.82, 2.24) is 9.88 Å². The van der Waals surface area contributed by atoms with Gasteiger partial charge < -0.3 is 15.0 Å². The standard InChI is InChI=1S/C11H17BrN2O2S/c1-11(16,7-17-3)6-13-10(15)9-4-8(12)5-14(9)2/h4-5,16H,6-7H2,1-3H3,(H,13,15). The number of aromatic nitrogens is 1. The van der Waals surface area contributed by atoms with E-state index in [1.165, 1.54) is 0 Å². The maximum absolute atomic E-state index is 11.9. The summed E-state index contributed by atoms with van der Waals surface area (Å²) < 4.78 is 2.60. The molecule has 0 fully saturated rings. The van der Waals surface area contributed by atoms with Gasteiger partial charge in [0.15, 0.2) is 0 Å². The van der Waals surface area contributed by atoms with Crippen LogP contribution in [0.5, 0.6) is 0 Å². The summed E-state index contributed by atoms with van der Waals surface area (Å²) in [4.78, 5) is 11.9. The van der Waals surface area contributed by atoms with E-state index in [-0.39, 0.29) is 12.5 Å². The van der Waals surface area contributed by atoms with Gasteiger partial charge in [0.2, 0.25) is 0 Å². The van der Waals surface area contributed by atoms with Gasteiger partial charge in [-0.05, 0) is 35.2 Å². The summed E-state index contributed by atoms with van der Waals surface area (Å²) in [7, 11) is 1.81. The van der Waals surface area contributed by atoms with Crippen LogP contribution in [0.1, 0.15) is 17.4 Å². The third kappa shape index (κ3) is 4.37. The molecule has 1 aromatic heterocycles. The summed E-state index contributed by atoms with van der Waals surface area (Å²) in [6.07, 6.45) is 3.74. The van der Waals surface area contributed by atoms with Crippen LogP contribution in [-0.4, -0.2) is 39.7 Å². The van der Waals surface area contributed by atoms with Crippen LogP contribution in [0.15, 0.2) is 16.7 Å². The fraction of sp³-hybridized carbons (Fsp3) is 0.545. The number of amides is 1. The number of nitrogens with zero attached hydrogens (tertiary/aromatic N) is 1. The summed E-state index contributed by atoms with van der Waals surface area (Å²) in [6, 6.07) is 1.75. The van der Waals surface area contributed by atoms with Gasteiger partial charge in [0, 0.05) is 30.0 Å². The number of carbonyl (C=O) groups excluding carboxylic acids is 1. The first-order chi connectivity index (χ1) is 7.85. The zero-order chi connectivity index (χ0) is 13.1. The number of nitrogens with one attached hydrogen (secondary N) is 1. The number of halogens is 1. The molecule has 0 saturated heterocycles. The molecule has 1 unspecified atom stereocenters. The van der Waals surface area contributed by atoms with Crippen LogP contribution in [0.25, 0.3) is 0 Å². The van der Waals surface area contributed by atoms with Gasteiger partial charge in [0.1, 0.15) is 5.69 Å². The lowest BCUT2D eigenvalue weighted by Crippen LogP contribution is -2.42. The molecule has 4 nitrogen and oxygen atoms in total. The van der Waals surface area contributed by atoms with Crippen molar-refractivity contribution in [1.29, 1.82) is 0 Å². The molecule has 0 radical (unpaired) electrons. The molecule has 0 aliphatic rings. The maximum Gasteiger partial charge on any atom is 0.268 e. The quantitative estimate of drug-likeness (QED) is 0.867. The second kappa shape index (κ2) is 5.93. The molecule has 6 heteroatoms. The summed E-state index contributed by atoms with van der Waals surface area (Å²) in [6.45, 7) is 1.96. The molecule has 96 valence electrons. The lowest BCUT2D eigenvalue weighted by Gasteiger charge is -2.22. The zero-order valence-corrected chi connectivity index (χ0v) is 12.6. The summed E-state index contributed by atoms with van der Waals surface area (Å²) >= 11 is 4.86. The Kier molecular flexibility index (Phi) is 5.09. The highest BCUT2D eigenvalue weighted by Crippen LogP contribution is 2.14. The van der Waals surface area contributed by atoms with Crippen molar-refractivity contribution in [2.75, 3.05) is 18.6 Å². The molecule has 2 N–H and O–H groups in total. The van der Waals surface area contributed by atoms with E-state index in [1.54, 1.807) is 36.4 Å². The predicted octanol–water partition coefficient (Wildman–Crippen LogP) is 1.63. The van der Waals surface area contributed by atoms with Crippen LogP contribution >= 0.6 is 27.7 Å². The number of aryl methyl sites for hydroxylation is 1. The molecule has 0 spiro atoms. The zero-order valence-electron chi connectivity index (χ0n) is 10.2. The second-order valence-corrected chi connectivity index (χ2v) is 6.05. The van der Waals surface area contributed by atoms with E-state index >= 15 is 0 Å². The summed E-state index contributed by atoms with van der Waals surface area (Å²) in [5.74, 6) is 0.406. The number of hydrogen-bond acceptors (Lipinski definition) is 3. The summed E-state index contributed by atoms with van der Waals surface area (Å²) in [5, 5.41) is 12.7. The van der Waals surface area contributed by atoms with Gasteiger partial charge in [-0.15, -0.1) is 0 Å². The first-order valence-corrected chi connectivity index (χ1v) is 7.36. The monoisotopic (exact) mass is 320 g/mol. The lowest BCUT2D eigenvalue weighted by atomic mass is 10.1. The molecule has 1 rings (SSSR count). The molecule has 1 aromatic rings. The van der Waals surface area contributed by atoms with Crippen molar-refractivity contribution in [3.05, 3.63) is 22.4 Å². The van der Waals surface area contributed by atoms with Crippen molar-refractivity contribution in [3.8, 4) is 0 Å². The number of thioether (sulfide) groups is 1. The van der Waals surface area contributed by atoms with Gasteiger partial charge in [-0.3, -0.25) is 4.79 Å². The average Bonchev–Trinajstić information content (AvgIpc) is 2.54. The third-order valence-electron chi connectivity index (χ3n) is 2.29. The van der Waals surface area contributed by atoms with Crippen LogP contribution in [0.4, 0.5) is 0 Å². The van der Waals surface area contributed by atoms with Crippen LogP contribution in [-0.2, 0) is 7.05 Å². The van der Waals surface area contributed by atoms with Crippen molar-refractivity contribution in [2.45, 2.75) is 12.5 Å². The minimum Gasteiger partial charge on any atom is -0.387 e.